The van der Waals surface area contributed by atoms with Crippen molar-refractivity contribution < 1.29 is 4.39 Å². The van der Waals surface area contributed by atoms with E-state index in [-0.39, 0.29) is 5.82 Å². The van der Waals surface area contributed by atoms with Crippen LogP contribution in [0.1, 0.15) is 11.3 Å². The number of anilines is 1. The van der Waals surface area contributed by atoms with E-state index in [2.05, 4.69) is 10.4 Å². The quantitative estimate of drug-likeness (QED) is 0.911. The van der Waals surface area contributed by atoms with Gasteiger partial charge in [-0.1, -0.05) is 11.6 Å². The summed E-state index contributed by atoms with van der Waals surface area (Å²) in [5.41, 5.74) is 2.61. The summed E-state index contributed by atoms with van der Waals surface area (Å²) in [4.78, 5) is 0. The Hall–Kier alpha value is -1.55. The molecule has 0 radical (unpaired) electrons. The van der Waals surface area contributed by atoms with Gasteiger partial charge in [0, 0.05) is 25.4 Å². The topological polar surface area (TPSA) is 29.9 Å². The van der Waals surface area contributed by atoms with Gasteiger partial charge in [-0.25, -0.2) is 4.39 Å². The fourth-order valence-corrected chi connectivity index (χ4v) is 1.83. The lowest BCUT2D eigenvalue weighted by atomic mass is 10.2. The van der Waals surface area contributed by atoms with Crippen LogP contribution < -0.4 is 5.32 Å². The van der Waals surface area contributed by atoms with Crippen molar-refractivity contribution >= 4 is 17.3 Å². The Labute approximate surface area is 104 Å². The lowest BCUT2D eigenvalue weighted by molar-refractivity contribution is 0.628. The third kappa shape index (κ3) is 2.77. The second kappa shape index (κ2) is 4.75. The number of aromatic nitrogens is 2. The highest BCUT2D eigenvalue weighted by Gasteiger charge is 2.05. The molecule has 1 heterocycles. The standard InChI is InChI=1S/C12H13ClFN3/c1-8-9(7-17(2)16-8)6-15-12-5-10(14)3-4-11(12)13/h3-5,7,15H,6H2,1-2H3. The summed E-state index contributed by atoms with van der Waals surface area (Å²) in [6.45, 7) is 2.51. The molecule has 0 saturated carbocycles. The molecule has 1 N–H and O–H groups in total. The SMILES string of the molecule is Cc1nn(C)cc1CNc1cc(F)ccc1Cl. The van der Waals surface area contributed by atoms with Crippen molar-refractivity contribution in [2.75, 3.05) is 5.32 Å². The summed E-state index contributed by atoms with van der Waals surface area (Å²) in [6.07, 6.45) is 1.93. The molecule has 0 aliphatic carbocycles. The van der Waals surface area contributed by atoms with E-state index in [4.69, 9.17) is 11.6 Å². The molecule has 1 aromatic carbocycles. The van der Waals surface area contributed by atoms with Crippen LogP contribution in [0, 0.1) is 12.7 Å². The Morgan fingerprint density at radius 2 is 2.24 bits per heavy atom. The highest BCUT2D eigenvalue weighted by molar-refractivity contribution is 6.33. The maximum Gasteiger partial charge on any atom is 0.125 e. The van der Waals surface area contributed by atoms with Gasteiger partial charge in [0.1, 0.15) is 5.82 Å². The zero-order chi connectivity index (χ0) is 12.4. The summed E-state index contributed by atoms with van der Waals surface area (Å²) in [5, 5.41) is 7.84. The number of hydrogen-bond donors (Lipinski definition) is 1. The molecule has 1 aromatic heterocycles. The number of halogens is 2. The average Bonchev–Trinajstić information content (AvgIpc) is 2.59. The number of rotatable bonds is 3. The van der Waals surface area contributed by atoms with Gasteiger partial charge in [-0.05, 0) is 25.1 Å². The predicted molar refractivity (Wildman–Crippen MR) is 66.7 cm³/mol. The van der Waals surface area contributed by atoms with E-state index < -0.39 is 0 Å². The lowest BCUT2D eigenvalue weighted by Gasteiger charge is -2.07. The molecule has 0 saturated heterocycles. The van der Waals surface area contributed by atoms with Crippen LogP contribution in [-0.4, -0.2) is 9.78 Å². The molecule has 2 aromatic rings. The molecule has 0 amide bonds. The van der Waals surface area contributed by atoms with Crippen LogP contribution in [0.2, 0.25) is 5.02 Å². The molecule has 0 unspecified atom stereocenters. The Morgan fingerprint density at radius 1 is 1.47 bits per heavy atom. The van der Waals surface area contributed by atoms with Crippen molar-refractivity contribution in [1.29, 1.82) is 0 Å². The number of aryl methyl sites for hydroxylation is 2. The lowest BCUT2D eigenvalue weighted by Crippen LogP contribution is -2.00. The summed E-state index contributed by atoms with van der Waals surface area (Å²) in [5.74, 6) is -0.306. The first kappa shape index (κ1) is 11.9. The molecule has 0 fully saturated rings. The first-order valence-electron chi connectivity index (χ1n) is 5.24. The fraction of sp³-hybridized carbons (Fsp3) is 0.250. The third-order valence-corrected chi connectivity index (χ3v) is 2.84. The van der Waals surface area contributed by atoms with E-state index in [1.54, 1.807) is 4.68 Å². The summed E-state index contributed by atoms with van der Waals surface area (Å²) >= 11 is 5.96. The van der Waals surface area contributed by atoms with Gasteiger partial charge in [0.25, 0.3) is 0 Å². The zero-order valence-electron chi connectivity index (χ0n) is 9.67. The second-order valence-corrected chi connectivity index (χ2v) is 4.30. The van der Waals surface area contributed by atoms with Crippen LogP contribution in [-0.2, 0) is 13.6 Å². The normalized spacial score (nSPS) is 10.6. The molecule has 0 aliphatic rings. The minimum atomic E-state index is -0.306. The smallest absolute Gasteiger partial charge is 0.125 e. The summed E-state index contributed by atoms with van der Waals surface area (Å²) in [7, 11) is 1.87. The summed E-state index contributed by atoms with van der Waals surface area (Å²) in [6, 6.07) is 4.26. The zero-order valence-corrected chi connectivity index (χ0v) is 10.4. The van der Waals surface area contributed by atoms with E-state index >= 15 is 0 Å². The van der Waals surface area contributed by atoms with Gasteiger partial charge in [0.15, 0.2) is 0 Å². The van der Waals surface area contributed by atoms with Crippen molar-refractivity contribution in [3.8, 4) is 0 Å². The van der Waals surface area contributed by atoms with E-state index in [1.807, 2.05) is 20.2 Å². The molecule has 0 atom stereocenters. The van der Waals surface area contributed by atoms with Gasteiger partial charge in [-0.3, -0.25) is 4.68 Å². The van der Waals surface area contributed by atoms with Crippen molar-refractivity contribution in [2.45, 2.75) is 13.5 Å². The number of hydrogen-bond acceptors (Lipinski definition) is 2. The van der Waals surface area contributed by atoms with E-state index in [1.165, 1.54) is 18.2 Å². The van der Waals surface area contributed by atoms with Gasteiger partial charge >= 0.3 is 0 Å². The monoisotopic (exact) mass is 253 g/mol. The van der Waals surface area contributed by atoms with Crippen LogP contribution in [0.4, 0.5) is 10.1 Å². The van der Waals surface area contributed by atoms with Crippen molar-refractivity contribution in [3.63, 3.8) is 0 Å². The van der Waals surface area contributed by atoms with E-state index in [0.717, 1.165) is 11.3 Å². The Kier molecular flexibility index (Phi) is 3.33. The second-order valence-electron chi connectivity index (χ2n) is 3.89. The number of nitrogens with zero attached hydrogens (tertiary/aromatic N) is 2. The molecule has 90 valence electrons. The Morgan fingerprint density at radius 3 is 2.88 bits per heavy atom. The van der Waals surface area contributed by atoms with Gasteiger partial charge in [0.2, 0.25) is 0 Å². The molecule has 0 bridgehead atoms. The van der Waals surface area contributed by atoms with E-state index in [0.29, 0.717) is 17.3 Å². The Bertz CT molecular complexity index is 537. The molecule has 2 rings (SSSR count). The molecular formula is C12H13ClFN3. The largest absolute Gasteiger partial charge is 0.380 e. The Balaban J connectivity index is 2.12. The third-order valence-electron chi connectivity index (χ3n) is 2.51. The van der Waals surface area contributed by atoms with Crippen LogP contribution >= 0.6 is 11.6 Å². The molecule has 0 spiro atoms. The first-order chi connectivity index (χ1) is 8.06. The molecular weight excluding hydrogens is 241 g/mol. The van der Waals surface area contributed by atoms with Gasteiger partial charge < -0.3 is 5.32 Å². The van der Waals surface area contributed by atoms with Crippen molar-refractivity contribution in [2.24, 2.45) is 7.05 Å². The molecule has 0 aliphatic heterocycles. The van der Waals surface area contributed by atoms with Crippen LogP contribution in [0.15, 0.2) is 24.4 Å². The maximum absolute atomic E-state index is 13.0. The number of nitrogens with one attached hydrogen (secondary N) is 1. The van der Waals surface area contributed by atoms with Crippen molar-refractivity contribution in [1.82, 2.24) is 9.78 Å². The summed E-state index contributed by atoms with van der Waals surface area (Å²) < 4.78 is 14.8. The molecule has 3 nitrogen and oxygen atoms in total. The van der Waals surface area contributed by atoms with Crippen LogP contribution in [0.3, 0.4) is 0 Å². The molecule has 17 heavy (non-hydrogen) atoms. The minimum Gasteiger partial charge on any atom is -0.380 e. The number of benzene rings is 1. The maximum atomic E-state index is 13.0. The van der Waals surface area contributed by atoms with E-state index in [9.17, 15) is 4.39 Å². The van der Waals surface area contributed by atoms with Gasteiger partial charge in [-0.2, -0.15) is 5.10 Å². The average molecular weight is 254 g/mol. The highest BCUT2D eigenvalue weighted by Crippen LogP contribution is 2.23. The van der Waals surface area contributed by atoms with Crippen molar-refractivity contribution in [3.05, 3.63) is 46.5 Å². The van der Waals surface area contributed by atoms with Crippen LogP contribution in [0.25, 0.3) is 0 Å². The molecule has 5 heteroatoms. The van der Waals surface area contributed by atoms with Crippen LogP contribution in [0.5, 0.6) is 0 Å². The first-order valence-corrected chi connectivity index (χ1v) is 5.62. The fourth-order valence-electron chi connectivity index (χ4n) is 1.65. The highest BCUT2D eigenvalue weighted by atomic mass is 35.5. The minimum absolute atomic E-state index is 0.306. The van der Waals surface area contributed by atoms with Gasteiger partial charge in [0.05, 0.1) is 16.4 Å². The van der Waals surface area contributed by atoms with Gasteiger partial charge in [-0.15, -0.1) is 0 Å². The predicted octanol–water partition coefficient (Wildman–Crippen LogP) is 3.13.